The second-order valence-electron chi connectivity index (χ2n) is 12.2. The van der Waals surface area contributed by atoms with Gasteiger partial charge in [0.05, 0.1) is 0 Å². The maximum absolute atomic E-state index is 14.6. The number of aromatic nitrogens is 3. The van der Waals surface area contributed by atoms with E-state index >= 15 is 0 Å². The van der Waals surface area contributed by atoms with E-state index in [2.05, 4.69) is 42.5 Å². The molecule has 4 nitrogen and oxygen atoms in total. The molecular formula is C42H30FN3O. The highest BCUT2D eigenvalue weighted by Gasteiger charge is 2.33. The molecule has 7 aromatic rings. The molecular weight excluding hydrogens is 581 g/mol. The standard InChI is InChI=1S/C42H30FN3O/c1-42(2)37-20-19-34(43)26-35(37)36-25-30(18-21-38(36)47-42)40-44-39(29-16-10-5-11-17-29)45-41(46-40)33-23-31(27-12-6-3-7-13-27)22-32(24-33)28-14-8-4-9-15-28/h3-26H,1-2H3. The fourth-order valence-corrected chi connectivity index (χ4v) is 6.26. The smallest absolute Gasteiger partial charge is 0.164 e. The van der Waals surface area contributed by atoms with Crippen LogP contribution < -0.4 is 4.74 Å². The Bertz CT molecular complexity index is 2190. The average Bonchev–Trinajstić information content (AvgIpc) is 3.12. The zero-order chi connectivity index (χ0) is 32.0. The van der Waals surface area contributed by atoms with Gasteiger partial charge in [-0.15, -0.1) is 0 Å². The third-order valence-corrected chi connectivity index (χ3v) is 8.60. The number of nitrogens with zero attached hydrogens (tertiary/aromatic N) is 3. The van der Waals surface area contributed by atoms with E-state index in [4.69, 9.17) is 19.7 Å². The average molecular weight is 612 g/mol. The molecule has 6 aromatic carbocycles. The summed E-state index contributed by atoms with van der Waals surface area (Å²) in [4.78, 5) is 15.1. The Hall–Kier alpha value is -5.94. The summed E-state index contributed by atoms with van der Waals surface area (Å²) in [6.45, 7) is 4.00. The number of hydrogen-bond acceptors (Lipinski definition) is 4. The predicted molar refractivity (Wildman–Crippen MR) is 186 cm³/mol. The van der Waals surface area contributed by atoms with Crippen molar-refractivity contribution in [1.82, 2.24) is 15.0 Å². The molecule has 2 heterocycles. The van der Waals surface area contributed by atoms with Gasteiger partial charge < -0.3 is 4.74 Å². The van der Waals surface area contributed by atoms with Gasteiger partial charge in [0.15, 0.2) is 17.5 Å². The summed E-state index contributed by atoms with van der Waals surface area (Å²) in [6.07, 6.45) is 0. The van der Waals surface area contributed by atoms with Crippen molar-refractivity contribution < 1.29 is 9.13 Å². The zero-order valence-corrected chi connectivity index (χ0v) is 26.0. The minimum absolute atomic E-state index is 0.292. The van der Waals surface area contributed by atoms with Gasteiger partial charge in [-0.2, -0.15) is 0 Å². The van der Waals surface area contributed by atoms with Gasteiger partial charge in [0.2, 0.25) is 0 Å². The molecule has 0 N–H and O–H groups in total. The van der Waals surface area contributed by atoms with Crippen LogP contribution in [0.1, 0.15) is 19.4 Å². The first kappa shape index (κ1) is 28.5. The molecule has 1 aliphatic rings. The fraction of sp³-hybridized carbons (Fsp3) is 0.0714. The molecule has 1 aromatic heterocycles. The molecule has 5 heteroatoms. The van der Waals surface area contributed by atoms with Crippen LogP contribution in [0.15, 0.2) is 146 Å². The topological polar surface area (TPSA) is 47.9 Å². The van der Waals surface area contributed by atoms with Crippen LogP contribution in [0.2, 0.25) is 0 Å². The first-order valence-corrected chi connectivity index (χ1v) is 15.6. The minimum atomic E-state index is -0.599. The highest BCUT2D eigenvalue weighted by Crippen LogP contribution is 2.46. The number of hydrogen-bond donors (Lipinski definition) is 0. The van der Waals surface area contributed by atoms with E-state index in [0.717, 1.165) is 55.6 Å². The second-order valence-corrected chi connectivity index (χ2v) is 12.2. The van der Waals surface area contributed by atoms with Gasteiger partial charge in [0.25, 0.3) is 0 Å². The van der Waals surface area contributed by atoms with Crippen molar-refractivity contribution in [2.24, 2.45) is 0 Å². The number of ether oxygens (including phenoxy) is 1. The van der Waals surface area contributed by atoms with Crippen LogP contribution in [0, 0.1) is 5.82 Å². The van der Waals surface area contributed by atoms with E-state index in [-0.39, 0.29) is 5.82 Å². The largest absolute Gasteiger partial charge is 0.482 e. The summed E-state index contributed by atoms with van der Waals surface area (Å²) in [5.41, 5.74) is 8.82. The quantitative estimate of drug-likeness (QED) is 0.194. The van der Waals surface area contributed by atoms with E-state index < -0.39 is 5.60 Å². The molecule has 0 aliphatic carbocycles. The lowest BCUT2D eigenvalue weighted by Gasteiger charge is -2.35. The molecule has 0 amide bonds. The Labute approximate surface area is 273 Å². The van der Waals surface area contributed by atoms with Crippen LogP contribution in [0.3, 0.4) is 0 Å². The maximum atomic E-state index is 14.6. The number of halogens is 1. The first-order valence-electron chi connectivity index (χ1n) is 15.6. The van der Waals surface area contributed by atoms with E-state index in [9.17, 15) is 4.39 Å². The molecule has 0 unspecified atom stereocenters. The summed E-state index contributed by atoms with van der Waals surface area (Å²) in [6, 6.07) is 47.8. The van der Waals surface area contributed by atoms with Crippen molar-refractivity contribution in [1.29, 1.82) is 0 Å². The highest BCUT2D eigenvalue weighted by molar-refractivity contribution is 5.82. The Morgan fingerprint density at radius 2 is 0.957 bits per heavy atom. The summed E-state index contributed by atoms with van der Waals surface area (Å²) in [5.74, 6) is 2.05. The van der Waals surface area contributed by atoms with Crippen molar-refractivity contribution >= 4 is 0 Å². The van der Waals surface area contributed by atoms with E-state index in [1.54, 1.807) is 12.1 Å². The Kier molecular flexibility index (Phi) is 6.95. The fourth-order valence-electron chi connectivity index (χ4n) is 6.26. The van der Waals surface area contributed by atoms with Crippen molar-refractivity contribution in [2.75, 3.05) is 0 Å². The van der Waals surface area contributed by atoms with Gasteiger partial charge in [-0.3, -0.25) is 0 Å². The summed E-state index contributed by atoms with van der Waals surface area (Å²) < 4.78 is 21.0. The number of rotatable bonds is 5. The molecule has 0 saturated heterocycles. The van der Waals surface area contributed by atoms with E-state index in [0.29, 0.717) is 23.2 Å². The molecule has 0 atom stereocenters. The third kappa shape index (κ3) is 5.46. The second kappa shape index (κ2) is 11.5. The monoisotopic (exact) mass is 611 g/mol. The van der Waals surface area contributed by atoms with Crippen molar-refractivity contribution in [3.63, 3.8) is 0 Å². The lowest BCUT2D eigenvalue weighted by molar-refractivity contribution is 0.105. The normalized spacial score (nSPS) is 12.9. The third-order valence-electron chi connectivity index (χ3n) is 8.60. The van der Waals surface area contributed by atoms with Crippen LogP contribution in [0.4, 0.5) is 4.39 Å². The lowest BCUT2D eigenvalue weighted by Crippen LogP contribution is -2.29. The predicted octanol–water partition coefficient (Wildman–Crippen LogP) is 10.6. The van der Waals surface area contributed by atoms with Gasteiger partial charge in [0.1, 0.15) is 17.2 Å². The van der Waals surface area contributed by atoms with Crippen molar-refractivity contribution in [3.05, 3.63) is 157 Å². The van der Waals surface area contributed by atoms with Crippen molar-refractivity contribution in [3.8, 4) is 73.3 Å². The van der Waals surface area contributed by atoms with Gasteiger partial charge in [-0.1, -0.05) is 97.1 Å². The van der Waals surface area contributed by atoms with Crippen LogP contribution in [0.25, 0.3) is 67.5 Å². The molecule has 1 aliphatic heterocycles. The molecule has 0 saturated carbocycles. The van der Waals surface area contributed by atoms with Crippen LogP contribution >= 0.6 is 0 Å². The van der Waals surface area contributed by atoms with Crippen LogP contribution in [-0.2, 0) is 5.60 Å². The van der Waals surface area contributed by atoms with Gasteiger partial charge >= 0.3 is 0 Å². The van der Waals surface area contributed by atoms with Crippen LogP contribution in [0.5, 0.6) is 5.75 Å². The summed E-state index contributed by atoms with van der Waals surface area (Å²) in [5, 5.41) is 0. The lowest BCUT2D eigenvalue weighted by atomic mass is 9.85. The molecule has 0 radical (unpaired) electrons. The molecule has 8 rings (SSSR count). The van der Waals surface area contributed by atoms with Gasteiger partial charge in [-0.25, -0.2) is 19.3 Å². The maximum Gasteiger partial charge on any atom is 0.164 e. The van der Waals surface area contributed by atoms with Crippen molar-refractivity contribution in [2.45, 2.75) is 19.4 Å². The SMILES string of the molecule is CC1(C)Oc2ccc(-c3nc(-c4ccccc4)nc(-c4cc(-c5ccccc5)cc(-c5ccccc5)c4)n3)cc2-c2cc(F)ccc21. The summed E-state index contributed by atoms with van der Waals surface area (Å²) >= 11 is 0. The Morgan fingerprint density at radius 3 is 1.55 bits per heavy atom. The molecule has 226 valence electrons. The van der Waals surface area contributed by atoms with Gasteiger partial charge in [-0.05, 0) is 90.2 Å². The molecule has 0 bridgehead atoms. The van der Waals surface area contributed by atoms with Gasteiger partial charge in [0, 0.05) is 27.8 Å². The Morgan fingerprint density at radius 1 is 0.447 bits per heavy atom. The molecule has 0 spiro atoms. The van der Waals surface area contributed by atoms with Crippen LogP contribution in [-0.4, -0.2) is 15.0 Å². The highest BCUT2D eigenvalue weighted by atomic mass is 19.1. The molecule has 47 heavy (non-hydrogen) atoms. The summed E-state index contributed by atoms with van der Waals surface area (Å²) in [7, 11) is 0. The van der Waals surface area contributed by atoms with E-state index in [1.807, 2.05) is 98.8 Å². The number of benzene rings is 6. The zero-order valence-electron chi connectivity index (χ0n) is 26.0. The number of fused-ring (bicyclic) bond motifs is 3. The molecule has 0 fully saturated rings. The van der Waals surface area contributed by atoms with E-state index in [1.165, 1.54) is 6.07 Å². The Balaban J connectivity index is 1.33. The first-order chi connectivity index (χ1) is 22.9. The minimum Gasteiger partial charge on any atom is -0.482 e.